The first-order valence-corrected chi connectivity index (χ1v) is 5.56. The third-order valence-electron chi connectivity index (χ3n) is 3.41. The van der Waals surface area contributed by atoms with Crippen molar-refractivity contribution >= 4 is 11.9 Å². The molecule has 0 aromatic rings. The lowest BCUT2D eigenvalue weighted by Crippen LogP contribution is -2.35. The van der Waals surface area contributed by atoms with Crippen LogP contribution in [-0.4, -0.2) is 38.4 Å². The number of hydrogen-bond acceptors (Lipinski definition) is 5. The van der Waals surface area contributed by atoms with Gasteiger partial charge in [-0.05, 0) is 5.92 Å². The molecular formula is C12H16O5. The summed E-state index contributed by atoms with van der Waals surface area (Å²) in [6.45, 7) is 1.36. The van der Waals surface area contributed by atoms with Gasteiger partial charge in [0.2, 0.25) is 0 Å². The van der Waals surface area contributed by atoms with Gasteiger partial charge in [0.05, 0.1) is 13.0 Å². The van der Waals surface area contributed by atoms with E-state index < -0.39 is 6.10 Å². The molecule has 0 saturated heterocycles. The quantitative estimate of drug-likeness (QED) is 0.532. The minimum Gasteiger partial charge on any atom is -0.469 e. The molecule has 1 fully saturated rings. The Hall–Kier alpha value is -1.36. The van der Waals surface area contributed by atoms with Gasteiger partial charge in [-0.1, -0.05) is 12.2 Å². The summed E-state index contributed by atoms with van der Waals surface area (Å²) >= 11 is 0. The molecule has 5 heteroatoms. The SMILES string of the molecule is COC(=O)[C@H]1[C@@H]2C=C[C@H](OC)[C@@H](OC(C)=O)[C@@H]21. The first kappa shape index (κ1) is 12.1. The lowest BCUT2D eigenvalue weighted by Gasteiger charge is -2.25. The summed E-state index contributed by atoms with van der Waals surface area (Å²) in [5, 5.41) is 0. The standard InChI is InChI=1S/C12H16O5/c1-6(13)17-11-8(15-2)5-4-7-9(11)10(7)12(14)16-3/h4-5,7-11H,1-3H3/t7-,8+,9+,10+,11-/m1/s1. The van der Waals surface area contributed by atoms with Crippen LogP contribution in [0.2, 0.25) is 0 Å². The maximum Gasteiger partial charge on any atom is 0.309 e. The molecule has 0 amide bonds. The Morgan fingerprint density at radius 1 is 1.18 bits per heavy atom. The molecule has 5 atom stereocenters. The highest BCUT2D eigenvalue weighted by Crippen LogP contribution is 2.54. The van der Waals surface area contributed by atoms with Gasteiger partial charge in [-0.15, -0.1) is 0 Å². The molecule has 2 rings (SSSR count). The molecule has 0 radical (unpaired) electrons. The molecule has 0 spiro atoms. The largest absolute Gasteiger partial charge is 0.469 e. The van der Waals surface area contributed by atoms with Crippen LogP contribution in [0.1, 0.15) is 6.92 Å². The summed E-state index contributed by atoms with van der Waals surface area (Å²) in [7, 11) is 2.92. The Kier molecular flexibility index (Phi) is 3.19. The van der Waals surface area contributed by atoms with Crippen molar-refractivity contribution in [3.05, 3.63) is 12.2 Å². The zero-order valence-corrected chi connectivity index (χ0v) is 10.1. The number of esters is 2. The van der Waals surface area contributed by atoms with E-state index in [2.05, 4.69) is 0 Å². The Bertz CT molecular complexity index is 362. The van der Waals surface area contributed by atoms with Crippen LogP contribution in [0, 0.1) is 17.8 Å². The molecule has 0 N–H and O–H groups in total. The Morgan fingerprint density at radius 2 is 1.88 bits per heavy atom. The maximum atomic E-state index is 11.5. The zero-order chi connectivity index (χ0) is 12.6. The third kappa shape index (κ3) is 2.07. The first-order valence-electron chi connectivity index (χ1n) is 5.56. The lowest BCUT2D eigenvalue weighted by molar-refractivity contribution is -0.155. The second-order valence-corrected chi connectivity index (χ2v) is 4.36. The van der Waals surface area contributed by atoms with Crippen LogP contribution < -0.4 is 0 Å². The normalized spacial score (nSPS) is 38.2. The van der Waals surface area contributed by atoms with Gasteiger partial charge in [0.1, 0.15) is 12.2 Å². The first-order chi connectivity index (χ1) is 8.10. The number of carbonyl (C=O) groups excluding carboxylic acids is 2. The lowest BCUT2D eigenvalue weighted by atomic mass is 10.0. The van der Waals surface area contributed by atoms with Crippen molar-refractivity contribution < 1.29 is 23.8 Å². The van der Waals surface area contributed by atoms with Gasteiger partial charge in [0.15, 0.2) is 0 Å². The molecule has 0 aliphatic heterocycles. The molecule has 0 aromatic carbocycles. The highest BCUT2D eigenvalue weighted by atomic mass is 16.6. The van der Waals surface area contributed by atoms with Crippen molar-refractivity contribution in [3.8, 4) is 0 Å². The van der Waals surface area contributed by atoms with E-state index in [0.29, 0.717) is 0 Å². The van der Waals surface area contributed by atoms with E-state index in [9.17, 15) is 9.59 Å². The summed E-state index contributed by atoms with van der Waals surface area (Å²) in [5.41, 5.74) is 0. The van der Waals surface area contributed by atoms with Gasteiger partial charge in [-0.3, -0.25) is 9.59 Å². The van der Waals surface area contributed by atoms with Crippen LogP contribution in [0.3, 0.4) is 0 Å². The Balaban J connectivity index is 2.13. The highest BCUT2D eigenvalue weighted by Gasteiger charge is 2.62. The van der Waals surface area contributed by atoms with E-state index in [-0.39, 0.29) is 35.8 Å². The third-order valence-corrected chi connectivity index (χ3v) is 3.41. The summed E-state index contributed by atoms with van der Waals surface area (Å²) in [5.74, 6) is -0.722. The summed E-state index contributed by atoms with van der Waals surface area (Å²) < 4.78 is 15.2. The number of methoxy groups -OCH3 is 2. The van der Waals surface area contributed by atoms with Gasteiger partial charge >= 0.3 is 11.9 Å². The number of hydrogen-bond donors (Lipinski definition) is 0. The van der Waals surface area contributed by atoms with Gasteiger partial charge in [0.25, 0.3) is 0 Å². The minimum atomic E-state index is -0.392. The van der Waals surface area contributed by atoms with E-state index in [1.807, 2.05) is 12.2 Å². The molecule has 17 heavy (non-hydrogen) atoms. The van der Waals surface area contributed by atoms with E-state index in [4.69, 9.17) is 14.2 Å². The highest BCUT2D eigenvalue weighted by molar-refractivity contribution is 5.77. The van der Waals surface area contributed by atoms with Gasteiger partial charge in [0, 0.05) is 20.0 Å². The molecule has 0 heterocycles. The number of fused-ring (bicyclic) bond motifs is 1. The number of rotatable bonds is 3. The number of ether oxygens (including phenoxy) is 3. The van der Waals surface area contributed by atoms with Crippen molar-refractivity contribution in [1.29, 1.82) is 0 Å². The predicted molar refractivity (Wildman–Crippen MR) is 58.0 cm³/mol. The van der Waals surface area contributed by atoms with Crippen LogP contribution in [0.4, 0.5) is 0 Å². The van der Waals surface area contributed by atoms with Crippen molar-refractivity contribution in [2.24, 2.45) is 17.8 Å². The smallest absolute Gasteiger partial charge is 0.309 e. The molecule has 2 aliphatic rings. The van der Waals surface area contributed by atoms with Crippen LogP contribution in [0.25, 0.3) is 0 Å². The summed E-state index contributed by atoms with van der Waals surface area (Å²) in [6, 6.07) is 0. The fraction of sp³-hybridized carbons (Fsp3) is 0.667. The van der Waals surface area contributed by atoms with E-state index in [1.54, 1.807) is 7.11 Å². The summed E-state index contributed by atoms with van der Waals surface area (Å²) in [6.07, 6.45) is 3.12. The van der Waals surface area contributed by atoms with E-state index in [0.717, 1.165) is 0 Å². The molecule has 1 saturated carbocycles. The number of allylic oxidation sites excluding steroid dienone is 1. The molecule has 0 bridgehead atoms. The summed E-state index contributed by atoms with van der Waals surface area (Å²) in [4.78, 5) is 22.6. The molecule has 2 aliphatic carbocycles. The van der Waals surface area contributed by atoms with Crippen molar-refractivity contribution in [2.45, 2.75) is 19.1 Å². The zero-order valence-electron chi connectivity index (χ0n) is 10.1. The predicted octanol–water partition coefficient (Wildman–Crippen LogP) is 0.538. The number of carbonyl (C=O) groups is 2. The Morgan fingerprint density at radius 3 is 2.41 bits per heavy atom. The van der Waals surface area contributed by atoms with Crippen molar-refractivity contribution in [3.63, 3.8) is 0 Å². The monoisotopic (exact) mass is 240 g/mol. The fourth-order valence-electron chi connectivity index (χ4n) is 2.60. The van der Waals surface area contributed by atoms with Crippen LogP contribution >= 0.6 is 0 Å². The van der Waals surface area contributed by atoms with E-state index in [1.165, 1.54) is 14.0 Å². The van der Waals surface area contributed by atoms with Crippen LogP contribution in [-0.2, 0) is 23.8 Å². The average Bonchev–Trinajstić information content (AvgIpc) is 3.02. The van der Waals surface area contributed by atoms with Crippen LogP contribution in [0.15, 0.2) is 12.2 Å². The molecular weight excluding hydrogens is 224 g/mol. The maximum absolute atomic E-state index is 11.5. The molecule has 0 unspecified atom stereocenters. The van der Waals surface area contributed by atoms with Crippen LogP contribution in [0.5, 0.6) is 0 Å². The average molecular weight is 240 g/mol. The second kappa shape index (κ2) is 4.49. The second-order valence-electron chi connectivity index (χ2n) is 4.36. The van der Waals surface area contributed by atoms with Gasteiger partial charge < -0.3 is 14.2 Å². The molecule has 5 nitrogen and oxygen atoms in total. The van der Waals surface area contributed by atoms with E-state index >= 15 is 0 Å². The van der Waals surface area contributed by atoms with Gasteiger partial charge in [-0.25, -0.2) is 0 Å². The Labute approximate surface area is 99.7 Å². The fourth-order valence-corrected chi connectivity index (χ4v) is 2.60. The molecule has 94 valence electrons. The molecule has 0 aromatic heterocycles. The van der Waals surface area contributed by atoms with Crippen molar-refractivity contribution in [2.75, 3.05) is 14.2 Å². The topological polar surface area (TPSA) is 61.8 Å². The van der Waals surface area contributed by atoms with Gasteiger partial charge in [-0.2, -0.15) is 0 Å². The van der Waals surface area contributed by atoms with Crippen molar-refractivity contribution in [1.82, 2.24) is 0 Å². The minimum absolute atomic E-state index is 0.0127.